The highest BCUT2D eigenvalue weighted by Crippen LogP contribution is 2.51. The van der Waals surface area contributed by atoms with Gasteiger partial charge in [-0.15, -0.1) is 0 Å². The minimum Gasteiger partial charge on any atom is -0.385 e. The zero-order chi connectivity index (χ0) is 11.2. The second kappa shape index (κ2) is 3.74. The Kier molecular flexibility index (Phi) is 2.48. The highest BCUT2D eigenvalue weighted by Gasteiger charge is 2.44. The molecular formula is C13H17NOS. The van der Waals surface area contributed by atoms with Gasteiger partial charge in [-0.1, -0.05) is 0 Å². The molecule has 0 aliphatic carbocycles. The van der Waals surface area contributed by atoms with Crippen molar-refractivity contribution in [3.8, 4) is 0 Å². The maximum absolute atomic E-state index is 10.9. The fraction of sp³-hybridized carbons (Fsp3) is 0.615. The van der Waals surface area contributed by atoms with Crippen molar-refractivity contribution in [1.82, 2.24) is 4.98 Å². The van der Waals surface area contributed by atoms with Crippen LogP contribution in [-0.2, 0) is 5.60 Å². The molecule has 2 unspecified atom stereocenters. The van der Waals surface area contributed by atoms with Gasteiger partial charge in [-0.25, -0.2) is 0 Å². The molecule has 2 fully saturated rings. The Morgan fingerprint density at radius 2 is 2.06 bits per heavy atom. The topological polar surface area (TPSA) is 33.1 Å². The summed E-state index contributed by atoms with van der Waals surface area (Å²) in [5.74, 6) is 0. The molecule has 2 saturated heterocycles. The van der Waals surface area contributed by atoms with Gasteiger partial charge in [0.2, 0.25) is 0 Å². The molecule has 1 aromatic rings. The second-order valence-corrected chi connectivity index (χ2v) is 6.69. The quantitative estimate of drug-likeness (QED) is 0.812. The third kappa shape index (κ3) is 1.66. The molecule has 0 saturated carbocycles. The van der Waals surface area contributed by atoms with Crippen LogP contribution in [0.15, 0.2) is 18.5 Å². The highest BCUT2D eigenvalue weighted by atomic mass is 32.2. The first-order valence-corrected chi connectivity index (χ1v) is 6.91. The summed E-state index contributed by atoms with van der Waals surface area (Å²) in [6, 6.07) is 2.00. The number of aromatic nitrogens is 1. The smallest absolute Gasteiger partial charge is 0.0935 e. The second-order valence-electron chi connectivity index (χ2n) is 5.09. The monoisotopic (exact) mass is 235 g/mol. The molecule has 2 bridgehead atoms. The maximum atomic E-state index is 10.9. The summed E-state index contributed by atoms with van der Waals surface area (Å²) >= 11 is 2.07. The molecule has 0 aromatic carbocycles. The lowest BCUT2D eigenvalue weighted by Crippen LogP contribution is -2.35. The van der Waals surface area contributed by atoms with Gasteiger partial charge in [-0.3, -0.25) is 4.98 Å². The average molecular weight is 235 g/mol. The van der Waals surface area contributed by atoms with Crippen LogP contribution in [0.25, 0.3) is 0 Å². The van der Waals surface area contributed by atoms with Crippen molar-refractivity contribution < 1.29 is 5.11 Å². The number of aryl methyl sites for hydroxylation is 1. The van der Waals surface area contributed by atoms with Crippen LogP contribution in [0.3, 0.4) is 0 Å². The Morgan fingerprint density at radius 3 is 2.69 bits per heavy atom. The zero-order valence-electron chi connectivity index (χ0n) is 9.52. The molecule has 3 heterocycles. The van der Waals surface area contributed by atoms with E-state index < -0.39 is 5.60 Å². The molecule has 1 aromatic heterocycles. The summed E-state index contributed by atoms with van der Waals surface area (Å²) in [4.78, 5) is 4.17. The molecule has 3 rings (SSSR count). The number of pyridine rings is 1. The van der Waals surface area contributed by atoms with E-state index in [9.17, 15) is 5.11 Å². The Hall–Kier alpha value is -0.540. The van der Waals surface area contributed by atoms with Gasteiger partial charge in [-0.05, 0) is 44.2 Å². The number of fused-ring (bicyclic) bond motifs is 2. The van der Waals surface area contributed by atoms with Crippen LogP contribution in [-0.4, -0.2) is 20.6 Å². The van der Waals surface area contributed by atoms with E-state index in [4.69, 9.17) is 0 Å². The number of hydrogen-bond donors (Lipinski definition) is 1. The van der Waals surface area contributed by atoms with Crippen molar-refractivity contribution in [3.63, 3.8) is 0 Å². The van der Waals surface area contributed by atoms with Crippen molar-refractivity contribution in [2.45, 2.75) is 48.7 Å². The molecule has 3 heteroatoms. The third-order valence-corrected chi connectivity index (χ3v) is 5.44. The van der Waals surface area contributed by atoms with Gasteiger partial charge in [0.25, 0.3) is 0 Å². The number of hydrogen-bond acceptors (Lipinski definition) is 3. The molecule has 2 atom stereocenters. The molecule has 2 aliphatic rings. The number of nitrogens with zero attached hydrogens (tertiary/aromatic N) is 1. The summed E-state index contributed by atoms with van der Waals surface area (Å²) < 4.78 is 0. The zero-order valence-corrected chi connectivity index (χ0v) is 10.3. The largest absolute Gasteiger partial charge is 0.385 e. The average Bonchev–Trinajstić information content (AvgIpc) is 2.59. The normalized spacial score (nSPS) is 37.6. The van der Waals surface area contributed by atoms with Crippen LogP contribution < -0.4 is 0 Å². The summed E-state index contributed by atoms with van der Waals surface area (Å²) in [6.07, 6.45) is 8.01. The first kappa shape index (κ1) is 10.6. The number of rotatable bonds is 1. The lowest BCUT2D eigenvalue weighted by Gasteiger charge is -2.37. The molecular weight excluding hydrogens is 218 g/mol. The van der Waals surface area contributed by atoms with Gasteiger partial charge in [0.1, 0.15) is 0 Å². The SMILES string of the molecule is Cc1ccncc1C1(O)CC2CCC(C1)S2. The first-order chi connectivity index (χ1) is 7.67. The Labute approximate surface area is 100 Å². The third-order valence-electron chi connectivity index (χ3n) is 3.87. The van der Waals surface area contributed by atoms with Gasteiger partial charge >= 0.3 is 0 Å². The van der Waals surface area contributed by atoms with Crippen LogP contribution in [0.1, 0.15) is 36.8 Å². The van der Waals surface area contributed by atoms with Crippen molar-refractivity contribution >= 4 is 11.8 Å². The molecule has 16 heavy (non-hydrogen) atoms. The molecule has 1 N–H and O–H groups in total. The minimum absolute atomic E-state index is 0.616. The summed E-state index contributed by atoms with van der Waals surface area (Å²) in [6.45, 7) is 2.07. The van der Waals surface area contributed by atoms with E-state index in [1.54, 1.807) is 6.20 Å². The molecule has 0 radical (unpaired) electrons. The lowest BCUT2D eigenvalue weighted by molar-refractivity contribution is 0.0187. The van der Waals surface area contributed by atoms with Crippen molar-refractivity contribution in [3.05, 3.63) is 29.6 Å². The van der Waals surface area contributed by atoms with E-state index >= 15 is 0 Å². The van der Waals surface area contributed by atoms with Crippen molar-refractivity contribution in [2.75, 3.05) is 0 Å². The Morgan fingerprint density at radius 1 is 1.38 bits per heavy atom. The van der Waals surface area contributed by atoms with Crippen LogP contribution in [0.4, 0.5) is 0 Å². The summed E-state index contributed by atoms with van der Waals surface area (Å²) in [5.41, 5.74) is 1.60. The van der Waals surface area contributed by atoms with Gasteiger partial charge < -0.3 is 5.11 Å². The Balaban J connectivity index is 1.96. The van der Waals surface area contributed by atoms with Crippen LogP contribution in [0.5, 0.6) is 0 Å². The number of aliphatic hydroxyl groups is 1. The van der Waals surface area contributed by atoms with E-state index in [2.05, 4.69) is 23.7 Å². The molecule has 86 valence electrons. The van der Waals surface area contributed by atoms with E-state index in [-0.39, 0.29) is 0 Å². The van der Waals surface area contributed by atoms with Crippen LogP contribution >= 0.6 is 11.8 Å². The standard InChI is InChI=1S/C13H17NOS/c1-9-4-5-14-8-12(9)13(15)6-10-2-3-11(7-13)16-10/h4-5,8,10-11,15H,2-3,6-7H2,1H3. The number of thioether (sulfide) groups is 1. The molecule has 2 aliphatic heterocycles. The van der Waals surface area contributed by atoms with E-state index in [1.165, 1.54) is 18.4 Å². The molecule has 0 spiro atoms. The fourth-order valence-electron chi connectivity index (χ4n) is 3.09. The van der Waals surface area contributed by atoms with Crippen molar-refractivity contribution in [2.24, 2.45) is 0 Å². The summed E-state index contributed by atoms with van der Waals surface area (Å²) in [7, 11) is 0. The first-order valence-electron chi connectivity index (χ1n) is 5.96. The van der Waals surface area contributed by atoms with Gasteiger partial charge in [0, 0.05) is 28.5 Å². The van der Waals surface area contributed by atoms with E-state index in [0.717, 1.165) is 18.4 Å². The predicted molar refractivity (Wildman–Crippen MR) is 66.5 cm³/mol. The molecule has 2 nitrogen and oxygen atoms in total. The van der Waals surface area contributed by atoms with Crippen molar-refractivity contribution in [1.29, 1.82) is 0 Å². The van der Waals surface area contributed by atoms with E-state index in [0.29, 0.717) is 10.5 Å². The lowest BCUT2D eigenvalue weighted by atomic mass is 9.84. The fourth-order valence-corrected chi connectivity index (χ4v) is 4.92. The van der Waals surface area contributed by atoms with E-state index in [1.807, 2.05) is 12.3 Å². The van der Waals surface area contributed by atoms with Gasteiger partial charge in [-0.2, -0.15) is 11.8 Å². The minimum atomic E-state index is -0.616. The van der Waals surface area contributed by atoms with Crippen LogP contribution in [0, 0.1) is 6.92 Å². The summed E-state index contributed by atoms with van der Waals surface area (Å²) in [5, 5.41) is 12.2. The van der Waals surface area contributed by atoms with Gasteiger partial charge in [0.15, 0.2) is 0 Å². The highest BCUT2D eigenvalue weighted by molar-refractivity contribution is 8.00. The predicted octanol–water partition coefficient (Wildman–Crippen LogP) is 2.64. The van der Waals surface area contributed by atoms with Crippen LogP contribution in [0.2, 0.25) is 0 Å². The maximum Gasteiger partial charge on any atom is 0.0935 e. The molecule has 0 amide bonds. The van der Waals surface area contributed by atoms with Gasteiger partial charge in [0.05, 0.1) is 5.60 Å². The Bertz CT molecular complexity index is 395.